The molecule has 2 aromatic carbocycles. The number of guanidine groups is 1. The van der Waals surface area contributed by atoms with Crippen LogP contribution in [0.4, 0.5) is 5.69 Å². The van der Waals surface area contributed by atoms with Crippen molar-refractivity contribution in [3.05, 3.63) is 66.0 Å². The molecule has 0 bridgehead atoms. The van der Waals surface area contributed by atoms with E-state index in [0.717, 1.165) is 49.0 Å². The number of rotatable bonds is 6. The molecule has 7 nitrogen and oxygen atoms in total. The lowest BCUT2D eigenvalue weighted by molar-refractivity contribution is 0.468. The first-order valence-electron chi connectivity index (χ1n) is 11.0. The monoisotopic (exact) mass is 545 g/mol. The predicted molar refractivity (Wildman–Crippen MR) is 142 cm³/mol. The summed E-state index contributed by atoms with van der Waals surface area (Å²) in [5.74, 6) is 1.64. The van der Waals surface area contributed by atoms with Gasteiger partial charge < -0.3 is 15.5 Å². The third kappa shape index (κ3) is 6.44. The Bertz CT molecular complexity index is 986. The quantitative estimate of drug-likeness (QED) is 0.247. The zero-order valence-electron chi connectivity index (χ0n) is 18.7. The molecule has 0 radical (unpaired) electrons. The first-order valence-corrected chi connectivity index (χ1v) is 11.0. The maximum Gasteiger partial charge on any atom is 0.191 e. The minimum absolute atomic E-state index is 0. The topological polar surface area (TPSA) is 81.2 Å². The van der Waals surface area contributed by atoms with Gasteiger partial charge in [0.1, 0.15) is 6.33 Å². The van der Waals surface area contributed by atoms with Crippen molar-refractivity contribution >= 4 is 35.6 Å². The number of H-pyrrole nitrogens is 1. The van der Waals surface area contributed by atoms with Crippen molar-refractivity contribution < 1.29 is 0 Å². The molecule has 2 heterocycles. The number of benzene rings is 2. The highest BCUT2D eigenvalue weighted by atomic mass is 127. The number of nitrogens with zero attached hydrogens (tertiary/aromatic N) is 4. The summed E-state index contributed by atoms with van der Waals surface area (Å²) in [7, 11) is 0. The molecule has 1 aliphatic heterocycles. The Morgan fingerprint density at radius 3 is 2.81 bits per heavy atom. The summed E-state index contributed by atoms with van der Waals surface area (Å²) in [5, 5.41) is 13.9. The van der Waals surface area contributed by atoms with E-state index in [-0.39, 0.29) is 24.0 Å². The van der Waals surface area contributed by atoms with Gasteiger partial charge in [-0.3, -0.25) is 5.10 Å². The molecule has 32 heavy (non-hydrogen) atoms. The second kappa shape index (κ2) is 11.8. The number of hydrogen-bond acceptors (Lipinski definition) is 4. The Morgan fingerprint density at radius 2 is 2.06 bits per heavy atom. The van der Waals surface area contributed by atoms with Gasteiger partial charge in [-0.2, -0.15) is 5.10 Å². The van der Waals surface area contributed by atoms with E-state index < -0.39 is 0 Å². The molecule has 1 atom stereocenters. The average Bonchev–Trinajstić information content (AvgIpc) is 3.34. The summed E-state index contributed by atoms with van der Waals surface area (Å²) in [5.41, 5.74) is 4.74. The van der Waals surface area contributed by atoms with Gasteiger partial charge in [-0.05, 0) is 50.5 Å². The zero-order valence-corrected chi connectivity index (χ0v) is 21.0. The van der Waals surface area contributed by atoms with E-state index >= 15 is 0 Å². The van der Waals surface area contributed by atoms with E-state index in [0.29, 0.717) is 12.6 Å². The highest BCUT2D eigenvalue weighted by molar-refractivity contribution is 14.0. The molecule has 1 aromatic heterocycles. The highest BCUT2D eigenvalue weighted by Gasteiger charge is 2.21. The highest BCUT2D eigenvalue weighted by Crippen LogP contribution is 2.20. The van der Waals surface area contributed by atoms with E-state index in [9.17, 15) is 0 Å². The van der Waals surface area contributed by atoms with Crippen molar-refractivity contribution in [3.63, 3.8) is 0 Å². The molecule has 3 N–H and O–H groups in total. The number of aliphatic imine (C=N–C) groups is 1. The summed E-state index contributed by atoms with van der Waals surface area (Å²) >= 11 is 0. The standard InChI is InChI=1S/C24H31N7.HI/c1-3-25-24(26-15-19-6-4-7-20(14-19)23-27-17-28-30-23)29-21-8-5-13-31(16-21)22-11-9-18(2)10-12-22;/h4,6-7,9-12,14,17,21H,3,5,8,13,15-16H2,1-2H3,(H2,25,26,29)(H,27,28,30);1H. The molecular weight excluding hydrogens is 513 g/mol. The molecule has 0 amide bonds. The molecule has 8 heteroatoms. The van der Waals surface area contributed by atoms with Gasteiger partial charge in [0.05, 0.1) is 6.54 Å². The van der Waals surface area contributed by atoms with E-state index in [1.54, 1.807) is 0 Å². The van der Waals surface area contributed by atoms with Crippen molar-refractivity contribution in [2.24, 2.45) is 4.99 Å². The second-order valence-electron chi connectivity index (χ2n) is 7.99. The van der Waals surface area contributed by atoms with Gasteiger partial charge in [-0.1, -0.05) is 35.9 Å². The molecular formula is C24H32IN7. The van der Waals surface area contributed by atoms with Gasteiger partial charge >= 0.3 is 0 Å². The molecule has 1 aliphatic rings. The molecule has 1 fully saturated rings. The molecule has 1 unspecified atom stereocenters. The zero-order chi connectivity index (χ0) is 21.5. The van der Waals surface area contributed by atoms with E-state index in [2.05, 4.69) is 81.0 Å². The summed E-state index contributed by atoms with van der Waals surface area (Å²) < 4.78 is 0. The van der Waals surface area contributed by atoms with Gasteiger partial charge in [-0.25, -0.2) is 9.98 Å². The predicted octanol–water partition coefficient (Wildman–Crippen LogP) is 4.12. The summed E-state index contributed by atoms with van der Waals surface area (Å²) in [6, 6.07) is 17.4. The lowest BCUT2D eigenvalue weighted by Crippen LogP contribution is -2.51. The van der Waals surface area contributed by atoms with Crippen LogP contribution in [0.15, 0.2) is 59.9 Å². The van der Waals surface area contributed by atoms with Crippen LogP contribution in [0.2, 0.25) is 0 Å². The third-order valence-corrected chi connectivity index (χ3v) is 5.54. The number of nitrogens with one attached hydrogen (secondary N) is 3. The molecule has 1 saturated heterocycles. The molecule has 0 spiro atoms. The lowest BCUT2D eigenvalue weighted by Gasteiger charge is -2.35. The maximum atomic E-state index is 4.84. The van der Waals surface area contributed by atoms with Crippen molar-refractivity contribution in [2.75, 3.05) is 24.5 Å². The van der Waals surface area contributed by atoms with Gasteiger partial charge in [0.15, 0.2) is 11.8 Å². The number of aryl methyl sites for hydroxylation is 1. The van der Waals surface area contributed by atoms with E-state index in [1.807, 2.05) is 12.1 Å². The number of halogens is 1. The summed E-state index contributed by atoms with van der Waals surface area (Å²) in [6.45, 7) is 7.74. The Morgan fingerprint density at radius 1 is 1.22 bits per heavy atom. The fraction of sp³-hybridized carbons (Fsp3) is 0.375. The third-order valence-electron chi connectivity index (χ3n) is 5.54. The van der Waals surface area contributed by atoms with Gasteiger partial charge in [0.2, 0.25) is 0 Å². The molecule has 0 aliphatic carbocycles. The van der Waals surface area contributed by atoms with Crippen molar-refractivity contribution in [1.82, 2.24) is 25.8 Å². The van der Waals surface area contributed by atoms with E-state index in [4.69, 9.17) is 4.99 Å². The number of piperidine rings is 1. The maximum absolute atomic E-state index is 4.84. The summed E-state index contributed by atoms with van der Waals surface area (Å²) in [4.78, 5) is 11.5. The fourth-order valence-electron chi connectivity index (χ4n) is 3.93. The van der Waals surface area contributed by atoms with Crippen LogP contribution >= 0.6 is 24.0 Å². The average molecular weight is 545 g/mol. The van der Waals surface area contributed by atoms with Crippen LogP contribution in [0.5, 0.6) is 0 Å². The van der Waals surface area contributed by atoms with E-state index in [1.165, 1.54) is 24.0 Å². The molecule has 4 rings (SSSR count). The SMILES string of the molecule is CCNC(=NCc1cccc(-c2ncn[nH]2)c1)NC1CCCN(c2ccc(C)cc2)C1.I. The van der Waals surface area contributed by atoms with Crippen molar-refractivity contribution in [3.8, 4) is 11.4 Å². The van der Waals surface area contributed by atoms with Crippen LogP contribution in [0, 0.1) is 6.92 Å². The first kappa shape index (κ1) is 24.0. The number of aromatic nitrogens is 3. The lowest BCUT2D eigenvalue weighted by atomic mass is 10.0. The number of anilines is 1. The van der Waals surface area contributed by atoms with Crippen LogP contribution in [-0.4, -0.2) is 46.8 Å². The minimum Gasteiger partial charge on any atom is -0.369 e. The Hall–Kier alpha value is -2.62. The second-order valence-corrected chi connectivity index (χ2v) is 7.99. The van der Waals surface area contributed by atoms with Crippen LogP contribution in [0.3, 0.4) is 0 Å². The normalized spacial score (nSPS) is 16.4. The van der Waals surface area contributed by atoms with Gasteiger partial charge in [0, 0.05) is 36.9 Å². The molecule has 3 aromatic rings. The van der Waals surface area contributed by atoms with Gasteiger partial charge in [0.25, 0.3) is 0 Å². The molecule has 170 valence electrons. The van der Waals surface area contributed by atoms with Crippen molar-refractivity contribution in [2.45, 2.75) is 39.3 Å². The number of aromatic amines is 1. The Kier molecular flexibility index (Phi) is 8.90. The smallest absolute Gasteiger partial charge is 0.191 e. The van der Waals surface area contributed by atoms with Crippen LogP contribution in [0.1, 0.15) is 30.9 Å². The van der Waals surface area contributed by atoms with Gasteiger partial charge in [-0.15, -0.1) is 24.0 Å². The summed E-state index contributed by atoms with van der Waals surface area (Å²) in [6.07, 6.45) is 3.84. The van der Waals surface area contributed by atoms with Crippen LogP contribution in [0.25, 0.3) is 11.4 Å². The van der Waals surface area contributed by atoms with Crippen LogP contribution < -0.4 is 15.5 Å². The Balaban J connectivity index is 0.00000289. The number of hydrogen-bond donors (Lipinski definition) is 3. The largest absolute Gasteiger partial charge is 0.369 e. The first-order chi connectivity index (χ1) is 15.2. The minimum atomic E-state index is 0. The van der Waals surface area contributed by atoms with Crippen LogP contribution in [-0.2, 0) is 6.54 Å². The molecule has 0 saturated carbocycles. The Labute approximate surface area is 207 Å². The fourth-order valence-corrected chi connectivity index (χ4v) is 3.93. The van der Waals surface area contributed by atoms with Crippen molar-refractivity contribution in [1.29, 1.82) is 0 Å².